The molecule has 114 valence electrons. The van der Waals surface area contributed by atoms with Gasteiger partial charge in [-0.3, -0.25) is 0 Å². The first-order chi connectivity index (χ1) is 10.7. The van der Waals surface area contributed by atoms with Gasteiger partial charge in [0.05, 0.1) is 19.8 Å². The SMILES string of the molecule is COC(=O)C1=C(C)Nc2nnnn2[C@@H]1c1ccc(OC)cc1. The van der Waals surface area contributed by atoms with Gasteiger partial charge in [-0.15, -0.1) is 0 Å². The summed E-state index contributed by atoms with van der Waals surface area (Å²) in [5.74, 6) is 0.785. The number of aromatic nitrogens is 4. The van der Waals surface area contributed by atoms with Crippen molar-refractivity contribution in [1.82, 2.24) is 20.2 Å². The van der Waals surface area contributed by atoms with Crippen molar-refractivity contribution < 1.29 is 14.3 Å². The van der Waals surface area contributed by atoms with Crippen LogP contribution in [0.15, 0.2) is 35.5 Å². The number of ether oxygens (including phenoxy) is 2. The molecule has 0 bridgehead atoms. The van der Waals surface area contributed by atoms with Crippen LogP contribution < -0.4 is 10.1 Å². The molecule has 2 aromatic rings. The topological polar surface area (TPSA) is 91.2 Å². The Kier molecular flexibility index (Phi) is 3.50. The second-order valence-corrected chi connectivity index (χ2v) is 4.78. The summed E-state index contributed by atoms with van der Waals surface area (Å²) >= 11 is 0. The molecule has 0 aliphatic carbocycles. The Balaban J connectivity index is 2.13. The van der Waals surface area contributed by atoms with Crippen LogP contribution in [0, 0.1) is 0 Å². The molecule has 1 atom stereocenters. The summed E-state index contributed by atoms with van der Waals surface area (Å²) in [6, 6.07) is 6.94. The molecule has 1 aromatic heterocycles. The Morgan fingerprint density at radius 2 is 2.00 bits per heavy atom. The number of benzene rings is 1. The van der Waals surface area contributed by atoms with Crippen LogP contribution in [0.25, 0.3) is 0 Å². The lowest BCUT2D eigenvalue weighted by molar-refractivity contribution is -0.136. The Labute approximate surface area is 126 Å². The zero-order valence-electron chi connectivity index (χ0n) is 12.4. The number of nitrogens with one attached hydrogen (secondary N) is 1. The minimum atomic E-state index is -0.454. The van der Waals surface area contributed by atoms with Crippen LogP contribution in [0.5, 0.6) is 5.75 Å². The molecular formula is C14H15N5O3. The zero-order chi connectivity index (χ0) is 15.7. The van der Waals surface area contributed by atoms with Gasteiger partial charge in [-0.2, -0.15) is 4.68 Å². The van der Waals surface area contributed by atoms with Crippen molar-refractivity contribution in [3.05, 3.63) is 41.1 Å². The van der Waals surface area contributed by atoms with Gasteiger partial charge in [0.15, 0.2) is 0 Å². The number of nitrogens with zero attached hydrogens (tertiary/aromatic N) is 4. The number of hydrogen-bond donors (Lipinski definition) is 1. The van der Waals surface area contributed by atoms with Crippen molar-refractivity contribution in [3.63, 3.8) is 0 Å². The summed E-state index contributed by atoms with van der Waals surface area (Å²) in [6.45, 7) is 1.79. The van der Waals surface area contributed by atoms with Gasteiger partial charge in [-0.1, -0.05) is 17.2 Å². The Hall–Kier alpha value is -2.90. The minimum absolute atomic E-state index is 0.424. The van der Waals surface area contributed by atoms with Gasteiger partial charge in [-0.25, -0.2) is 4.79 Å². The molecular weight excluding hydrogens is 286 g/mol. The number of fused-ring (bicyclic) bond motifs is 1. The van der Waals surface area contributed by atoms with E-state index in [-0.39, 0.29) is 0 Å². The molecule has 0 unspecified atom stereocenters. The molecule has 3 rings (SSSR count). The summed E-state index contributed by atoms with van der Waals surface area (Å²) in [7, 11) is 2.95. The third-order valence-corrected chi connectivity index (χ3v) is 3.55. The molecule has 0 saturated carbocycles. The molecule has 0 amide bonds. The number of allylic oxidation sites excluding steroid dienone is 1. The van der Waals surface area contributed by atoms with Crippen molar-refractivity contribution in [3.8, 4) is 5.75 Å². The van der Waals surface area contributed by atoms with Gasteiger partial charge in [0.1, 0.15) is 11.8 Å². The van der Waals surface area contributed by atoms with Gasteiger partial charge in [0, 0.05) is 5.70 Å². The molecule has 0 radical (unpaired) electrons. The molecule has 1 aliphatic rings. The fraction of sp³-hybridized carbons (Fsp3) is 0.286. The van der Waals surface area contributed by atoms with Crippen molar-refractivity contribution >= 4 is 11.9 Å². The molecule has 2 heterocycles. The average Bonchev–Trinajstić information content (AvgIpc) is 3.00. The summed E-state index contributed by atoms with van der Waals surface area (Å²) in [4.78, 5) is 12.2. The molecule has 0 spiro atoms. The first kappa shape index (κ1) is 14.1. The lowest BCUT2D eigenvalue weighted by Crippen LogP contribution is -2.29. The highest BCUT2D eigenvalue weighted by Gasteiger charge is 2.34. The maximum absolute atomic E-state index is 12.2. The minimum Gasteiger partial charge on any atom is -0.497 e. The van der Waals surface area contributed by atoms with Crippen LogP contribution >= 0.6 is 0 Å². The van der Waals surface area contributed by atoms with Crippen molar-refractivity contribution in [2.75, 3.05) is 19.5 Å². The largest absolute Gasteiger partial charge is 0.497 e. The van der Waals surface area contributed by atoms with Crippen LogP contribution in [0.1, 0.15) is 18.5 Å². The van der Waals surface area contributed by atoms with Crippen LogP contribution in [-0.4, -0.2) is 40.4 Å². The Bertz CT molecular complexity index is 735. The predicted molar refractivity (Wildman–Crippen MR) is 77.3 cm³/mol. The molecule has 8 nitrogen and oxygen atoms in total. The highest BCUT2D eigenvalue weighted by Crippen LogP contribution is 2.35. The van der Waals surface area contributed by atoms with E-state index < -0.39 is 12.0 Å². The van der Waals surface area contributed by atoms with Gasteiger partial charge in [0.2, 0.25) is 5.95 Å². The van der Waals surface area contributed by atoms with Crippen molar-refractivity contribution in [1.29, 1.82) is 0 Å². The van der Waals surface area contributed by atoms with Gasteiger partial charge in [0.25, 0.3) is 0 Å². The lowest BCUT2D eigenvalue weighted by Gasteiger charge is -2.27. The van der Waals surface area contributed by atoms with Gasteiger partial charge < -0.3 is 14.8 Å². The monoisotopic (exact) mass is 301 g/mol. The molecule has 8 heteroatoms. The number of tetrazole rings is 1. The van der Waals surface area contributed by atoms with Gasteiger partial charge >= 0.3 is 5.97 Å². The first-order valence-corrected chi connectivity index (χ1v) is 6.63. The maximum atomic E-state index is 12.2. The number of methoxy groups -OCH3 is 2. The van der Waals surface area contributed by atoms with Crippen LogP contribution in [0.4, 0.5) is 5.95 Å². The van der Waals surface area contributed by atoms with E-state index in [0.29, 0.717) is 17.2 Å². The number of rotatable bonds is 3. The van der Waals surface area contributed by atoms with Crippen LogP contribution in [0.2, 0.25) is 0 Å². The highest BCUT2D eigenvalue weighted by molar-refractivity contribution is 5.92. The van der Waals surface area contributed by atoms with Crippen LogP contribution in [-0.2, 0) is 9.53 Å². The van der Waals surface area contributed by atoms with E-state index in [9.17, 15) is 4.79 Å². The number of carbonyl (C=O) groups is 1. The first-order valence-electron chi connectivity index (χ1n) is 6.63. The smallest absolute Gasteiger partial charge is 0.338 e. The second kappa shape index (κ2) is 5.47. The number of hydrogen-bond acceptors (Lipinski definition) is 7. The number of anilines is 1. The predicted octanol–water partition coefficient (Wildman–Crippen LogP) is 1.14. The second-order valence-electron chi connectivity index (χ2n) is 4.78. The molecule has 1 N–H and O–H groups in total. The van der Waals surface area contributed by atoms with E-state index >= 15 is 0 Å². The Morgan fingerprint density at radius 3 is 2.64 bits per heavy atom. The third-order valence-electron chi connectivity index (χ3n) is 3.55. The van der Waals surface area contributed by atoms with Crippen molar-refractivity contribution in [2.24, 2.45) is 0 Å². The Morgan fingerprint density at radius 1 is 1.27 bits per heavy atom. The standard InChI is InChI=1S/C14H15N5O3/c1-8-11(13(20)22-3)12(19-14(15-8)16-17-18-19)9-4-6-10(21-2)7-5-9/h4-7,12H,1-3H3,(H,15,16,18)/t12-/m1/s1. The van der Waals surface area contributed by atoms with E-state index in [0.717, 1.165) is 11.3 Å². The van der Waals surface area contributed by atoms with E-state index in [4.69, 9.17) is 9.47 Å². The average molecular weight is 301 g/mol. The quantitative estimate of drug-likeness (QED) is 0.850. The van der Waals surface area contributed by atoms with Crippen molar-refractivity contribution in [2.45, 2.75) is 13.0 Å². The molecule has 22 heavy (non-hydrogen) atoms. The fourth-order valence-electron chi connectivity index (χ4n) is 2.48. The van der Waals surface area contributed by atoms with Crippen LogP contribution in [0.3, 0.4) is 0 Å². The normalized spacial score (nSPS) is 16.8. The summed E-state index contributed by atoms with van der Waals surface area (Å²) in [5, 5.41) is 14.6. The molecule has 1 aromatic carbocycles. The number of esters is 1. The van der Waals surface area contributed by atoms with Gasteiger partial charge in [-0.05, 0) is 35.0 Å². The fourth-order valence-corrected chi connectivity index (χ4v) is 2.48. The van der Waals surface area contributed by atoms with E-state index in [1.807, 2.05) is 24.3 Å². The molecule has 0 saturated heterocycles. The van der Waals surface area contributed by atoms with E-state index in [1.165, 1.54) is 7.11 Å². The summed E-state index contributed by atoms with van der Waals surface area (Å²) < 4.78 is 11.6. The van der Waals surface area contributed by atoms with E-state index in [2.05, 4.69) is 20.8 Å². The van der Waals surface area contributed by atoms with E-state index in [1.54, 1.807) is 18.7 Å². The molecule has 0 fully saturated rings. The lowest BCUT2D eigenvalue weighted by atomic mass is 9.96. The maximum Gasteiger partial charge on any atom is 0.338 e. The summed E-state index contributed by atoms with van der Waals surface area (Å²) in [6.07, 6.45) is 0. The molecule has 1 aliphatic heterocycles. The third kappa shape index (κ3) is 2.18. The zero-order valence-corrected chi connectivity index (χ0v) is 12.4. The highest BCUT2D eigenvalue weighted by atomic mass is 16.5. The number of carbonyl (C=O) groups excluding carboxylic acids is 1. The summed E-state index contributed by atoms with van der Waals surface area (Å²) in [5.41, 5.74) is 1.98.